The molecule has 2 amide bonds. The van der Waals surface area contributed by atoms with E-state index in [1.165, 1.54) is 18.0 Å². The summed E-state index contributed by atoms with van der Waals surface area (Å²) in [4.78, 5) is 28.5. The zero-order valence-corrected chi connectivity index (χ0v) is 23.0. The van der Waals surface area contributed by atoms with E-state index in [2.05, 4.69) is 5.32 Å². The summed E-state index contributed by atoms with van der Waals surface area (Å²) in [7, 11) is -2.33. The zero-order chi connectivity index (χ0) is 27.2. The highest BCUT2D eigenvalue weighted by atomic mass is 35.5. The molecule has 0 aliphatic carbocycles. The van der Waals surface area contributed by atoms with E-state index >= 15 is 0 Å². The number of nitrogens with one attached hydrogen (secondary N) is 1. The number of nitrogens with zero attached hydrogens (tertiary/aromatic N) is 2. The summed E-state index contributed by atoms with van der Waals surface area (Å²) < 4.78 is 26.7. The number of sulfonamides is 1. The summed E-state index contributed by atoms with van der Waals surface area (Å²) >= 11 is 6.17. The highest BCUT2D eigenvalue weighted by molar-refractivity contribution is 7.92. The van der Waals surface area contributed by atoms with Gasteiger partial charge in [-0.25, -0.2) is 8.42 Å². The molecule has 1 atom stereocenters. The lowest BCUT2D eigenvalue weighted by molar-refractivity contribution is -0.139. The fourth-order valence-electron chi connectivity index (χ4n) is 4.14. The minimum atomic E-state index is -3.85. The molecule has 0 unspecified atom stereocenters. The summed E-state index contributed by atoms with van der Waals surface area (Å²) in [6.07, 6.45) is 1.32. The van der Waals surface area contributed by atoms with Crippen LogP contribution in [-0.4, -0.2) is 51.0 Å². The van der Waals surface area contributed by atoms with Gasteiger partial charge in [0, 0.05) is 25.0 Å². The van der Waals surface area contributed by atoms with Crippen LogP contribution in [0.25, 0.3) is 0 Å². The number of halogens is 1. The van der Waals surface area contributed by atoms with Crippen molar-refractivity contribution in [1.29, 1.82) is 0 Å². The van der Waals surface area contributed by atoms with Gasteiger partial charge in [0.2, 0.25) is 21.8 Å². The summed E-state index contributed by atoms with van der Waals surface area (Å²) in [6, 6.07) is 21.0. The second-order valence-corrected chi connectivity index (χ2v) is 11.3. The lowest BCUT2D eigenvalue weighted by atomic mass is 10.0. The molecule has 37 heavy (non-hydrogen) atoms. The largest absolute Gasteiger partial charge is 0.357 e. The number of aryl methyl sites for hydroxylation is 2. The Kier molecular flexibility index (Phi) is 9.34. The van der Waals surface area contributed by atoms with E-state index in [1.807, 2.05) is 61.5 Å². The molecule has 0 bridgehead atoms. The number of hydrogen-bond acceptors (Lipinski definition) is 4. The quantitative estimate of drug-likeness (QED) is 0.418. The van der Waals surface area contributed by atoms with Crippen LogP contribution in [0.15, 0.2) is 72.8 Å². The van der Waals surface area contributed by atoms with Crippen molar-refractivity contribution in [2.45, 2.75) is 32.9 Å². The third-order valence-electron chi connectivity index (χ3n) is 6.24. The van der Waals surface area contributed by atoms with Crippen LogP contribution in [0.2, 0.25) is 5.02 Å². The minimum absolute atomic E-state index is 0.141. The van der Waals surface area contributed by atoms with Crippen molar-refractivity contribution >= 4 is 39.1 Å². The summed E-state index contributed by atoms with van der Waals surface area (Å²) in [5, 5.41) is 3.02. The van der Waals surface area contributed by atoms with Crippen molar-refractivity contribution in [3.8, 4) is 0 Å². The number of amides is 2. The Balaban J connectivity index is 2.07. The van der Waals surface area contributed by atoms with Gasteiger partial charge in [-0.3, -0.25) is 13.9 Å². The van der Waals surface area contributed by atoms with E-state index in [0.29, 0.717) is 16.3 Å². The van der Waals surface area contributed by atoms with E-state index in [0.717, 1.165) is 27.3 Å². The maximum atomic E-state index is 13.9. The molecule has 0 saturated carbocycles. The van der Waals surface area contributed by atoms with Gasteiger partial charge in [-0.05, 0) is 48.2 Å². The normalized spacial score (nSPS) is 12.0. The molecule has 7 nitrogen and oxygen atoms in total. The molecule has 0 spiro atoms. The molecule has 0 fully saturated rings. The zero-order valence-electron chi connectivity index (χ0n) is 21.4. The maximum absolute atomic E-state index is 13.9. The van der Waals surface area contributed by atoms with E-state index in [4.69, 9.17) is 11.6 Å². The monoisotopic (exact) mass is 541 g/mol. The highest BCUT2D eigenvalue weighted by Gasteiger charge is 2.33. The number of likely N-dealkylation sites (N-methyl/N-ethyl adjacent to an activating group) is 1. The molecule has 9 heteroatoms. The SMILES string of the molecule is CNC(=O)[C@@H](Cc1ccccc1)N(Cc1ccccc1C)C(=O)CN(c1cc(Cl)ccc1C)S(C)(=O)=O. The summed E-state index contributed by atoms with van der Waals surface area (Å²) in [5.41, 5.74) is 3.67. The molecule has 3 aromatic rings. The molecule has 0 aromatic heterocycles. The standard InChI is InChI=1S/C28H32ClN3O4S/c1-20-10-8-9-13-23(20)18-31(26(28(34)30-3)16-22-11-6-5-7-12-22)27(33)19-32(37(4,35)36)25-17-24(29)15-14-21(25)2/h5-15,17,26H,16,18-19H2,1-4H3,(H,30,34)/t26-/m1/s1. The van der Waals surface area contributed by atoms with Gasteiger partial charge in [0.1, 0.15) is 12.6 Å². The van der Waals surface area contributed by atoms with Crippen LogP contribution in [0, 0.1) is 13.8 Å². The van der Waals surface area contributed by atoms with Gasteiger partial charge in [0.15, 0.2) is 0 Å². The molecule has 3 rings (SSSR count). The Hall–Kier alpha value is -3.36. The van der Waals surface area contributed by atoms with Gasteiger partial charge in [-0.15, -0.1) is 0 Å². The number of benzene rings is 3. The van der Waals surface area contributed by atoms with Crippen LogP contribution in [0.4, 0.5) is 5.69 Å². The second kappa shape index (κ2) is 12.3. The molecule has 196 valence electrons. The van der Waals surface area contributed by atoms with Gasteiger partial charge in [0.05, 0.1) is 11.9 Å². The molecule has 0 aliphatic rings. The van der Waals surface area contributed by atoms with E-state index in [1.54, 1.807) is 19.1 Å². The number of carbonyl (C=O) groups excluding carboxylic acids is 2. The molecule has 0 aliphatic heterocycles. The molecular formula is C28H32ClN3O4S. The minimum Gasteiger partial charge on any atom is -0.357 e. The molecule has 0 radical (unpaired) electrons. The van der Waals surface area contributed by atoms with Gasteiger partial charge in [-0.1, -0.05) is 72.3 Å². The molecule has 0 heterocycles. The smallest absolute Gasteiger partial charge is 0.244 e. The first-order chi connectivity index (χ1) is 17.5. The van der Waals surface area contributed by atoms with E-state index < -0.39 is 28.5 Å². The average Bonchev–Trinajstić information content (AvgIpc) is 2.86. The van der Waals surface area contributed by atoms with Crippen molar-refractivity contribution in [2.75, 3.05) is 24.2 Å². The molecule has 1 N–H and O–H groups in total. The third-order valence-corrected chi connectivity index (χ3v) is 7.60. The van der Waals surface area contributed by atoms with Crippen LogP contribution in [-0.2, 0) is 32.6 Å². The lowest BCUT2D eigenvalue weighted by Crippen LogP contribution is -2.53. The predicted molar refractivity (Wildman–Crippen MR) is 148 cm³/mol. The first kappa shape index (κ1) is 28.2. The molecular weight excluding hydrogens is 510 g/mol. The van der Waals surface area contributed by atoms with Crippen LogP contribution < -0.4 is 9.62 Å². The van der Waals surface area contributed by atoms with Crippen molar-refractivity contribution in [3.05, 3.63) is 100 Å². The van der Waals surface area contributed by atoms with Crippen molar-refractivity contribution in [2.24, 2.45) is 0 Å². The Morgan fingerprint density at radius 1 is 0.946 bits per heavy atom. The number of anilines is 1. The number of hydrogen-bond donors (Lipinski definition) is 1. The lowest BCUT2D eigenvalue weighted by Gasteiger charge is -2.34. The van der Waals surface area contributed by atoms with Gasteiger partial charge < -0.3 is 10.2 Å². The van der Waals surface area contributed by atoms with Crippen LogP contribution in [0.5, 0.6) is 0 Å². The Morgan fingerprint density at radius 2 is 1.59 bits per heavy atom. The average molecular weight is 542 g/mol. The third kappa shape index (κ3) is 7.33. The van der Waals surface area contributed by atoms with E-state index in [9.17, 15) is 18.0 Å². The van der Waals surface area contributed by atoms with Gasteiger partial charge >= 0.3 is 0 Å². The van der Waals surface area contributed by atoms with Crippen LogP contribution in [0.1, 0.15) is 22.3 Å². The Labute approximate surface area is 224 Å². The molecule has 3 aromatic carbocycles. The van der Waals surface area contributed by atoms with Gasteiger partial charge in [0.25, 0.3) is 0 Å². The van der Waals surface area contributed by atoms with Crippen LogP contribution >= 0.6 is 11.6 Å². The second-order valence-electron chi connectivity index (χ2n) is 8.97. The predicted octanol–water partition coefficient (Wildman–Crippen LogP) is 4.11. The summed E-state index contributed by atoms with van der Waals surface area (Å²) in [6.45, 7) is 3.35. The van der Waals surface area contributed by atoms with Crippen molar-refractivity contribution < 1.29 is 18.0 Å². The Bertz CT molecular complexity index is 1360. The fourth-order valence-corrected chi connectivity index (χ4v) is 5.20. The maximum Gasteiger partial charge on any atom is 0.244 e. The van der Waals surface area contributed by atoms with Gasteiger partial charge in [-0.2, -0.15) is 0 Å². The fraction of sp³-hybridized carbons (Fsp3) is 0.286. The van der Waals surface area contributed by atoms with Crippen molar-refractivity contribution in [1.82, 2.24) is 10.2 Å². The van der Waals surface area contributed by atoms with E-state index in [-0.39, 0.29) is 18.9 Å². The highest BCUT2D eigenvalue weighted by Crippen LogP contribution is 2.27. The molecule has 0 saturated heterocycles. The number of rotatable bonds is 10. The van der Waals surface area contributed by atoms with Crippen molar-refractivity contribution in [3.63, 3.8) is 0 Å². The topological polar surface area (TPSA) is 86.8 Å². The number of carbonyl (C=O) groups is 2. The first-order valence-corrected chi connectivity index (χ1v) is 14.1. The Morgan fingerprint density at radius 3 is 2.22 bits per heavy atom. The summed E-state index contributed by atoms with van der Waals surface area (Å²) in [5.74, 6) is -0.840. The van der Waals surface area contributed by atoms with Crippen LogP contribution in [0.3, 0.4) is 0 Å². The first-order valence-electron chi connectivity index (χ1n) is 11.8.